The maximum atomic E-state index is 13.7. The van der Waals surface area contributed by atoms with Gasteiger partial charge >= 0.3 is 0 Å². The molecule has 1 aliphatic heterocycles. The number of anilines is 1. The molecule has 3 amide bonds. The fourth-order valence-corrected chi connectivity index (χ4v) is 5.40. The number of aliphatic imine (C=N–C) groups is 1. The zero-order valence-electron chi connectivity index (χ0n) is 25.2. The van der Waals surface area contributed by atoms with E-state index >= 15 is 0 Å². The van der Waals surface area contributed by atoms with Crippen LogP contribution in [0.1, 0.15) is 74.7 Å². The summed E-state index contributed by atoms with van der Waals surface area (Å²) < 4.78 is 16.7. The van der Waals surface area contributed by atoms with Crippen molar-refractivity contribution in [3.8, 4) is 0 Å². The number of carbonyl (C=O) groups excluding carboxylic acids is 4. The number of aryl methyl sites for hydroxylation is 1. The highest BCUT2D eigenvalue weighted by Crippen LogP contribution is 2.28. The minimum Gasteiger partial charge on any atom is -0.344 e. The van der Waals surface area contributed by atoms with E-state index in [9.17, 15) is 23.6 Å². The van der Waals surface area contributed by atoms with Crippen LogP contribution in [-0.4, -0.2) is 68.1 Å². The number of carbonyl (C=O) groups is 4. The quantitative estimate of drug-likeness (QED) is 0.229. The molecule has 1 saturated heterocycles. The Hall–Kier alpha value is -4.87. The molecule has 1 fully saturated rings. The van der Waals surface area contributed by atoms with Gasteiger partial charge in [0.05, 0.1) is 17.5 Å². The molecule has 226 valence electrons. The number of nitrogens with one attached hydrogen (secondary N) is 2. The van der Waals surface area contributed by atoms with E-state index < -0.39 is 23.1 Å². The Morgan fingerprint density at radius 1 is 1.14 bits per heavy atom. The molecule has 2 aromatic heterocycles. The van der Waals surface area contributed by atoms with Crippen LogP contribution in [0, 0.1) is 26.6 Å². The van der Waals surface area contributed by atoms with Gasteiger partial charge in [0.15, 0.2) is 5.82 Å². The molecular weight excluding hydrogens is 553 g/mol. The summed E-state index contributed by atoms with van der Waals surface area (Å²) >= 11 is 0. The average Bonchev–Trinajstić information content (AvgIpc) is 3.47. The maximum absolute atomic E-state index is 13.7. The highest BCUT2D eigenvalue weighted by atomic mass is 19.1. The molecule has 3 heterocycles. The Balaban J connectivity index is 1.45. The molecule has 0 unspecified atom stereocenters. The predicted molar refractivity (Wildman–Crippen MR) is 162 cm³/mol. The molecular formula is C31H36FN7O4. The molecule has 2 N–H and O–H groups in total. The Bertz CT molecular complexity index is 1660. The Morgan fingerprint density at radius 2 is 1.81 bits per heavy atom. The second kappa shape index (κ2) is 12.2. The highest BCUT2D eigenvalue weighted by Gasteiger charge is 2.37. The molecule has 1 aromatic carbocycles. The van der Waals surface area contributed by atoms with Gasteiger partial charge in [0.25, 0.3) is 23.5 Å². The lowest BCUT2D eigenvalue weighted by Crippen LogP contribution is -2.55. The van der Waals surface area contributed by atoms with E-state index in [2.05, 4.69) is 27.4 Å². The van der Waals surface area contributed by atoms with Crippen LogP contribution in [0.4, 0.5) is 15.9 Å². The number of ketones is 1. The van der Waals surface area contributed by atoms with Gasteiger partial charge in [-0.1, -0.05) is 6.08 Å². The van der Waals surface area contributed by atoms with Crippen molar-refractivity contribution in [2.24, 2.45) is 12.0 Å². The fraction of sp³-hybridized carbons (Fsp3) is 0.355. The average molecular weight is 590 g/mol. The Labute approximate surface area is 249 Å². The van der Waals surface area contributed by atoms with Crippen molar-refractivity contribution in [3.63, 3.8) is 0 Å². The van der Waals surface area contributed by atoms with Crippen LogP contribution >= 0.6 is 0 Å². The molecule has 3 aromatic rings. The van der Waals surface area contributed by atoms with Crippen LogP contribution in [-0.2, 0) is 11.8 Å². The van der Waals surface area contributed by atoms with Gasteiger partial charge < -0.3 is 20.1 Å². The molecule has 0 atom stereocenters. The smallest absolute Gasteiger partial charge is 0.294 e. The van der Waals surface area contributed by atoms with Gasteiger partial charge in [-0.25, -0.2) is 14.1 Å². The first-order valence-electron chi connectivity index (χ1n) is 13.9. The topological polar surface area (TPSA) is 131 Å². The van der Waals surface area contributed by atoms with Crippen molar-refractivity contribution in [1.29, 1.82) is 0 Å². The van der Waals surface area contributed by atoms with Gasteiger partial charge in [0.2, 0.25) is 0 Å². The standard InChI is InChI=1S/C31H36FN7O4/c1-8-13-39-27(33-6)22(17-34-39)30(43)38-14-11-31(5,12-15-38)36-29(42)26(40)25-19(3)24(20(4)37(25)7)28(41)35-21-9-10-23(32)18(2)16-21/h8-10,13,16-17H,6,11-12,14-15H2,1-5,7H3,(H,35,41)(H,36,42)/b13-8-. The summed E-state index contributed by atoms with van der Waals surface area (Å²) in [5.74, 6) is -2.30. The van der Waals surface area contributed by atoms with Crippen molar-refractivity contribution < 1.29 is 23.6 Å². The lowest BCUT2D eigenvalue weighted by atomic mass is 9.89. The number of piperidine rings is 1. The monoisotopic (exact) mass is 589 g/mol. The molecule has 0 bridgehead atoms. The van der Waals surface area contributed by atoms with Gasteiger partial charge in [-0.05, 0) is 83.5 Å². The van der Waals surface area contributed by atoms with Crippen LogP contribution < -0.4 is 10.6 Å². The number of amides is 3. The summed E-state index contributed by atoms with van der Waals surface area (Å²) in [5, 5.41) is 9.80. The maximum Gasteiger partial charge on any atom is 0.294 e. The van der Waals surface area contributed by atoms with E-state index in [0.717, 1.165) is 0 Å². The summed E-state index contributed by atoms with van der Waals surface area (Å²) in [4.78, 5) is 58.6. The summed E-state index contributed by atoms with van der Waals surface area (Å²) in [5.41, 5.74) is 1.65. The van der Waals surface area contributed by atoms with Crippen molar-refractivity contribution in [2.75, 3.05) is 18.4 Å². The lowest BCUT2D eigenvalue weighted by Gasteiger charge is -2.39. The number of Topliss-reactive ketones (excluding diaryl/α,β-unsaturated/α-hetero) is 1. The van der Waals surface area contributed by atoms with Crippen molar-refractivity contribution >= 4 is 47.9 Å². The minimum absolute atomic E-state index is 0.106. The zero-order valence-corrected chi connectivity index (χ0v) is 25.2. The summed E-state index contributed by atoms with van der Waals surface area (Å²) in [7, 11) is 1.62. The van der Waals surface area contributed by atoms with Crippen LogP contribution in [0.2, 0.25) is 0 Å². The molecule has 4 rings (SSSR count). The molecule has 0 spiro atoms. The fourth-order valence-electron chi connectivity index (χ4n) is 5.40. The zero-order chi connectivity index (χ0) is 31.6. The number of nitrogens with zero attached hydrogens (tertiary/aromatic N) is 5. The van der Waals surface area contributed by atoms with Gasteiger partial charge in [0.1, 0.15) is 11.4 Å². The molecule has 12 heteroatoms. The number of allylic oxidation sites excluding steroid dienone is 1. The highest BCUT2D eigenvalue weighted by molar-refractivity contribution is 6.43. The number of benzene rings is 1. The van der Waals surface area contributed by atoms with Crippen LogP contribution in [0.5, 0.6) is 0 Å². The van der Waals surface area contributed by atoms with E-state index in [1.54, 1.807) is 45.0 Å². The van der Waals surface area contributed by atoms with E-state index in [1.165, 1.54) is 33.6 Å². The number of halogens is 1. The van der Waals surface area contributed by atoms with Crippen LogP contribution in [0.15, 0.2) is 35.5 Å². The van der Waals surface area contributed by atoms with E-state index in [0.29, 0.717) is 59.8 Å². The van der Waals surface area contributed by atoms with Crippen LogP contribution in [0.3, 0.4) is 0 Å². The van der Waals surface area contributed by atoms with Gasteiger partial charge in [-0.3, -0.25) is 19.2 Å². The third kappa shape index (κ3) is 6.04. The number of rotatable bonds is 8. The molecule has 43 heavy (non-hydrogen) atoms. The second-order valence-electron chi connectivity index (χ2n) is 11.0. The summed E-state index contributed by atoms with van der Waals surface area (Å²) in [6.07, 6.45) is 5.76. The number of likely N-dealkylation sites (tertiary alicyclic amines) is 1. The van der Waals surface area contributed by atoms with E-state index in [4.69, 9.17) is 0 Å². The van der Waals surface area contributed by atoms with Crippen LogP contribution in [0.25, 0.3) is 6.20 Å². The van der Waals surface area contributed by atoms with Gasteiger partial charge in [-0.2, -0.15) is 5.10 Å². The number of aromatic nitrogens is 3. The van der Waals surface area contributed by atoms with Gasteiger partial charge in [-0.15, -0.1) is 0 Å². The Kier molecular flexibility index (Phi) is 8.79. The second-order valence-corrected chi connectivity index (χ2v) is 11.0. The van der Waals surface area contributed by atoms with Gasteiger partial charge in [0, 0.05) is 43.3 Å². The molecule has 0 radical (unpaired) electrons. The first kappa shape index (κ1) is 31.1. The summed E-state index contributed by atoms with van der Waals surface area (Å²) in [6, 6.07) is 4.25. The molecule has 11 nitrogen and oxygen atoms in total. The SMILES string of the molecule is C=Nc1c(C(=O)N2CCC(C)(NC(=O)C(=O)c3c(C)c(C(=O)Nc4ccc(F)c(C)c4)c(C)n3C)CC2)cnn1/C=C\C. The van der Waals surface area contributed by atoms with E-state index in [1.807, 2.05) is 13.8 Å². The van der Waals surface area contributed by atoms with Crippen molar-refractivity contribution in [3.05, 3.63) is 69.9 Å². The third-order valence-electron chi connectivity index (χ3n) is 8.00. The largest absolute Gasteiger partial charge is 0.344 e. The normalized spacial score (nSPS) is 14.5. The Morgan fingerprint density at radius 3 is 2.42 bits per heavy atom. The molecule has 1 aliphatic rings. The van der Waals surface area contributed by atoms with Crippen molar-refractivity contribution in [1.82, 2.24) is 24.6 Å². The third-order valence-corrected chi connectivity index (χ3v) is 8.00. The first-order chi connectivity index (χ1) is 20.3. The number of hydrogen-bond donors (Lipinski definition) is 2. The molecule has 0 aliphatic carbocycles. The lowest BCUT2D eigenvalue weighted by molar-refractivity contribution is -0.119. The molecule has 0 saturated carbocycles. The summed E-state index contributed by atoms with van der Waals surface area (Å²) in [6.45, 7) is 12.8. The minimum atomic E-state index is -0.794. The first-order valence-corrected chi connectivity index (χ1v) is 13.9. The van der Waals surface area contributed by atoms with E-state index in [-0.39, 0.29) is 23.0 Å². The number of hydrogen-bond acceptors (Lipinski definition) is 6. The predicted octanol–water partition coefficient (Wildman–Crippen LogP) is 4.35. The van der Waals surface area contributed by atoms with Crippen molar-refractivity contribution in [2.45, 2.75) is 53.0 Å².